The molecule has 2 fully saturated rings. The Morgan fingerprint density at radius 3 is 2.23 bits per heavy atom. The molecular formula is C25H29N3O3. The molecule has 1 heterocycles. The fraction of sp³-hybridized carbons (Fsp3) is 0.400. The minimum atomic E-state index is -0.137. The highest BCUT2D eigenvalue weighted by Crippen LogP contribution is 2.20. The Morgan fingerprint density at radius 2 is 1.58 bits per heavy atom. The van der Waals surface area contributed by atoms with E-state index >= 15 is 0 Å². The van der Waals surface area contributed by atoms with Gasteiger partial charge in [0.25, 0.3) is 5.91 Å². The van der Waals surface area contributed by atoms with Gasteiger partial charge in [0.1, 0.15) is 0 Å². The third-order valence-corrected chi connectivity index (χ3v) is 6.14. The molecule has 6 heteroatoms. The summed E-state index contributed by atoms with van der Waals surface area (Å²) in [7, 11) is 0. The van der Waals surface area contributed by atoms with E-state index in [1.54, 1.807) is 29.2 Å². The minimum absolute atomic E-state index is 0.0617. The number of piperazine rings is 1. The summed E-state index contributed by atoms with van der Waals surface area (Å²) >= 11 is 0. The van der Waals surface area contributed by atoms with E-state index < -0.39 is 0 Å². The molecule has 1 N–H and O–H groups in total. The first-order valence-corrected chi connectivity index (χ1v) is 10.9. The highest BCUT2D eigenvalue weighted by molar-refractivity contribution is 6.15. The summed E-state index contributed by atoms with van der Waals surface area (Å²) in [5, 5.41) is 3.01. The van der Waals surface area contributed by atoms with E-state index in [-0.39, 0.29) is 17.6 Å². The number of carbonyl (C=O) groups is 3. The normalized spacial score (nSPS) is 16.8. The van der Waals surface area contributed by atoms with E-state index in [4.69, 9.17) is 0 Å². The molecule has 0 bridgehead atoms. The van der Waals surface area contributed by atoms with Crippen molar-refractivity contribution in [3.63, 3.8) is 0 Å². The molecule has 1 saturated heterocycles. The molecule has 1 aliphatic heterocycles. The van der Waals surface area contributed by atoms with Crippen LogP contribution in [-0.4, -0.2) is 66.2 Å². The lowest BCUT2D eigenvalue weighted by molar-refractivity contribution is -0.122. The molecule has 31 heavy (non-hydrogen) atoms. The molecular weight excluding hydrogens is 390 g/mol. The molecule has 0 spiro atoms. The second kappa shape index (κ2) is 9.02. The number of carbonyl (C=O) groups excluding carboxylic acids is 3. The van der Waals surface area contributed by atoms with Gasteiger partial charge in [-0.25, -0.2) is 0 Å². The van der Waals surface area contributed by atoms with Crippen molar-refractivity contribution < 1.29 is 14.4 Å². The quantitative estimate of drug-likeness (QED) is 0.731. The third-order valence-electron chi connectivity index (χ3n) is 6.14. The molecule has 0 radical (unpaired) electrons. The van der Waals surface area contributed by atoms with Gasteiger partial charge in [-0.05, 0) is 49.9 Å². The van der Waals surface area contributed by atoms with E-state index in [1.807, 2.05) is 32.0 Å². The monoisotopic (exact) mass is 419 g/mol. The van der Waals surface area contributed by atoms with Crippen LogP contribution in [0.5, 0.6) is 0 Å². The van der Waals surface area contributed by atoms with Gasteiger partial charge in [-0.2, -0.15) is 0 Å². The van der Waals surface area contributed by atoms with E-state index in [0.717, 1.165) is 24.0 Å². The van der Waals surface area contributed by atoms with Gasteiger partial charge in [0.2, 0.25) is 5.91 Å². The lowest BCUT2D eigenvalue weighted by atomic mass is 9.95. The number of rotatable bonds is 6. The number of benzene rings is 2. The molecule has 4 rings (SSSR count). The van der Waals surface area contributed by atoms with Crippen LogP contribution in [0.15, 0.2) is 42.5 Å². The van der Waals surface area contributed by atoms with Crippen LogP contribution < -0.4 is 5.32 Å². The summed E-state index contributed by atoms with van der Waals surface area (Å²) in [5.74, 6) is -0.205. The standard InChI is InChI=1S/C25H29N3O3/c1-17-7-8-19(15-18(17)2)24(30)21-5-3-4-6-22(21)25(31)28-13-11-27(12-14-28)16-23(29)26-20-9-10-20/h3-8,15,20H,9-14,16H2,1-2H3,(H,26,29). The maximum Gasteiger partial charge on any atom is 0.254 e. The number of nitrogens with zero attached hydrogens (tertiary/aromatic N) is 2. The predicted octanol–water partition coefficient (Wildman–Crippen LogP) is 2.57. The Bertz CT molecular complexity index is 1000. The fourth-order valence-corrected chi connectivity index (χ4v) is 3.89. The zero-order valence-electron chi connectivity index (χ0n) is 18.2. The van der Waals surface area contributed by atoms with Gasteiger partial charge >= 0.3 is 0 Å². The zero-order chi connectivity index (χ0) is 22.0. The first-order valence-electron chi connectivity index (χ1n) is 10.9. The summed E-state index contributed by atoms with van der Waals surface area (Å²) in [6.07, 6.45) is 2.16. The summed E-state index contributed by atoms with van der Waals surface area (Å²) in [6.45, 7) is 6.75. The molecule has 0 unspecified atom stereocenters. The highest BCUT2D eigenvalue weighted by Gasteiger charge is 2.28. The average molecular weight is 420 g/mol. The van der Waals surface area contributed by atoms with Crippen molar-refractivity contribution in [2.24, 2.45) is 0 Å². The first kappa shape index (κ1) is 21.2. The van der Waals surface area contributed by atoms with Crippen LogP contribution in [0.1, 0.15) is 50.2 Å². The largest absolute Gasteiger partial charge is 0.352 e. The molecule has 0 aromatic heterocycles. The maximum absolute atomic E-state index is 13.2. The molecule has 2 aliphatic rings. The van der Waals surface area contributed by atoms with Gasteiger partial charge < -0.3 is 10.2 Å². The van der Waals surface area contributed by atoms with E-state index in [9.17, 15) is 14.4 Å². The Morgan fingerprint density at radius 1 is 0.903 bits per heavy atom. The number of hydrogen-bond donors (Lipinski definition) is 1. The van der Waals surface area contributed by atoms with Crippen LogP contribution in [0.4, 0.5) is 0 Å². The van der Waals surface area contributed by atoms with Gasteiger partial charge in [-0.1, -0.05) is 30.3 Å². The van der Waals surface area contributed by atoms with Crippen molar-refractivity contribution in [1.29, 1.82) is 0 Å². The van der Waals surface area contributed by atoms with Crippen molar-refractivity contribution in [2.45, 2.75) is 32.7 Å². The second-order valence-corrected chi connectivity index (χ2v) is 8.58. The van der Waals surface area contributed by atoms with E-state index in [2.05, 4.69) is 10.2 Å². The minimum Gasteiger partial charge on any atom is -0.352 e. The summed E-state index contributed by atoms with van der Waals surface area (Å²) in [5.41, 5.74) is 3.64. The Kier molecular flexibility index (Phi) is 6.18. The number of hydrogen-bond acceptors (Lipinski definition) is 4. The molecule has 1 saturated carbocycles. The Labute approximate surface area is 183 Å². The van der Waals surface area contributed by atoms with Crippen LogP contribution in [0, 0.1) is 13.8 Å². The average Bonchev–Trinajstić information content (AvgIpc) is 3.59. The molecule has 0 atom stereocenters. The van der Waals surface area contributed by atoms with Gasteiger partial charge in [0, 0.05) is 43.3 Å². The van der Waals surface area contributed by atoms with Crippen molar-refractivity contribution in [3.05, 3.63) is 70.3 Å². The molecule has 1 aliphatic carbocycles. The van der Waals surface area contributed by atoms with Gasteiger partial charge in [-0.15, -0.1) is 0 Å². The van der Waals surface area contributed by atoms with Crippen LogP contribution in [0.3, 0.4) is 0 Å². The van der Waals surface area contributed by atoms with Gasteiger partial charge in [0.15, 0.2) is 5.78 Å². The predicted molar refractivity (Wildman–Crippen MR) is 119 cm³/mol. The smallest absolute Gasteiger partial charge is 0.254 e. The SMILES string of the molecule is Cc1ccc(C(=O)c2ccccc2C(=O)N2CCN(CC(=O)NC3CC3)CC2)cc1C. The number of ketones is 1. The van der Waals surface area contributed by atoms with Crippen LogP contribution in [0.2, 0.25) is 0 Å². The Hall–Kier alpha value is -2.99. The lowest BCUT2D eigenvalue weighted by Gasteiger charge is -2.34. The topological polar surface area (TPSA) is 69.7 Å². The van der Waals surface area contributed by atoms with E-state index in [1.165, 1.54) is 0 Å². The maximum atomic E-state index is 13.2. The van der Waals surface area contributed by atoms with Crippen LogP contribution >= 0.6 is 0 Å². The lowest BCUT2D eigenvalue weighted by Crippen LogP contribution is -2.51. The van der Waals surface area contributed by atoms with Gasteiger partial charge in [0.05, 0.1) is 12.1 Å². The third kappa shape index (κ3) is 5.02. The van der Waals surface area contributed by atoms with Crippen molar-refractivity contribution in [3.8, 4) is 0 Å². The highest BCUT2D eigenvalue weighted by atomic mass is 16.2. The second-order valence-electron chi connectivity index (χ2n) is 8.58. The molecule has 6 nitrogen and oxygen atoms in total. The Balaban J connectivity index is 1.43. The molecule has 2 aromatic carbocycles. The number of amides is 2. The van der Waals surface area contributed by atoms with Crippen LogP contribution in [0.25, 0.3) is 0 Å². The number of nitrogens with one attached hydrogen (secondary N) is 1. The van der Waals surface area contributed by atoms with Gasteiger partial charge in [-0.3, -0.25) is 19.3 Å². The van der Waals surface area contributed by atoms with Crippen molar-refractivity contribution in [2.75, 3.05) is 32.7 Å². The summed E-state index contributed by atoms with van der Waals surface area (Å²) < 4.78 is 0. The first-order chi connectivity index (χ1) is 14.9. The van der Waals surface area contributed by atoms with Crippen molar-refractivity contribution >= 4 is 17.6 Å². The fourth-order valence-electron chi connectivity index (χ4n) is 3.89. The molecule has 162 valence electrons. The summed E-state index contributed by atoms with van der Waals surface area (Å²) in [6, 6.07) is 13.0. The molecule has 2 aromatic rings. The van der Waals surface area contributed by atoms with Crippen molar-refractivity contribution in [1.82, 2.24) is 15.1 Å². The zero-order valence-corrected chi connectivity index (χ0v) is 18.2. The van der Waals surface area contributed by atoms with Crippen LogP contribution in [-0.2, 0) is 4.79 Å². The summed E-state index contributed by atoms with van der Waals surface area (Å²) in [4.78, 5) is 42.3. The van der Waals surface area contributed by atoms with E-state index in [0.29, 0.717) is 55.5 Å². The molecule has 2 amide bonds. The number of aryl methyl sites for hydroxylation is 2.